The summed E-state index contributed by atoms with van der Waals surface area (Å²) in [4.78, 5) is 12.2. The summed E-state index contributed by atoms with van der Waals surface area (Å²) in [5.74, 6) is 0.920. The molecule has 1 unspecified atom stereocenters. The van der Waals surface area contributed by atoms with E-state index in [0.29, 0.717) is 6.04 Å². The average Bonchev–Trinajstić information content (AvgIpc) is 3.00. The average molecular weight is 309 g/mol. The standard InChI is InChI=1S/C14H17ClN4S/c1-10-6-14(17-9-16-10)18-11-4-5-19(7-11)8-12-2-3-13(15)20-12/h2-3,6,9,11H,4-5,7-8H2,1H3,(H,16,17,18). The van der Waals surface area contributed by atoms with Gasteiger partial charge in [0, 0.05) is 42.3 Å². The van der Waals surface area contributed by atoms with Crippen LogP contribution >= 0.6 is 22.9 Å². The SMILES string of the molecule is Cc1cc(NC2CCN(Cc3ccc(Cl)s3)C2)ncn1. The Kier molecular flexibility index (Phi) is 4.19. The summed E-state index contributed by atoms with van der Waals surface area (Å²) >= 11 is 7.63. The molecule has 0 radical (unpaired) electrons. The molecular formula is C14H17ClN4S. The second-order valence-electron chi connectivity index (χ2n) is 5.12. The van der Waals surface area contributed by atoms with Crippen molar-refractivity contribution in [3.63, 3.8) is 0 Å². The Morgan fingerprint density at radius 1 is 1.45 bits per heavy atom. The third-order valence-corrected chi connectivity index (χ3v) is 4.65. The number of aromatic nitrogens is 2. The zero-order valence-electron chi connectivity index (χ0n) is 11.3. The van der Waals surface area contributed by atoms with Crippen LogP contribution in [0.3, 0.4) is 0 Å². The fourth-order valence-electron chi connectivity index (χ4n) is 2.49. The molecule has 2 aromatic rings. The molecule has 1 saturated heterocycles. The molecule has 1 fully saturated rings. The van der Waals surface area contributed by atoms with Gasteiger partial charge in [0.2, 0.25) is 0 Å². The van der Waals surface area contributed by atoms with Crippen molar-refractivity contribution in [2.24, 2.45) is 0 Å². The lowest BCUT2D eigenvalue weighted by molar-refractivity contribution is 0.331. The molecule has 4 nitrogen and oxygen atoms in total. The Bertz CT molecular complexity index is 586. The molecule has 6 heteroatoms. The Morgan fingerprint density at radius 3 is 3.10 bits per heavy atom. The van der Waals surface area contributed by atoms with Crippen LogP contribution in [0.15, 0.2) is 24.5 Å². The van der Waals surface area contributed by atoms with Crippen molar-refractivity contribution < 1.29 is 0 Å². The number of halogens is 1. The van der Waals surface area contributed by atoms with Gasteiger partial charge in [0.05, 0.1) is 4.34 Å². The minimum Gasteiger partial charge on any atom is -0.366 e. The van der Waals surface area contributed by atoms with Gasteiger partial charge in [-0.25, -0.2) is 9.97 Å². The van der Waals surface area contributed by atoms with E-state index in [2.05, 4.69) is 26.3 Å². The second kappa shape index (κ2) is 6.08. The number of hydrogen-bond donors (Lipinski definition) is 1. The van der Waals surface area contributed by atoms with Gasteiger partial charge in [-0.05, 0) is 25.5 Å². The van der Waals surface area contributed by atoms with E-state index in [0.717, 1.165) is 41.9 Å². The highest BCUT2D eigenvalue weighted by molar-refractivity contribution is 7.16. The number of hydrogen-bond acceptors (Lipinski definition) is 5. The normalized spacial score (nSPS) is 19.4. The zero-order valence-corrected chi connectivity index (χ0v) is 12.9. The molecule has 3 rings (SSSR count). The Morgan fingerprint density at radius 2 is 2.35 bits per heavy atom. The van der Waals surface area contributed by atoms with Crippen LogP contribution in [0.1, 0.15) is 17.0 Å². The third kappa shape index (κ3) is 3.48. The van der Waals surface area contributed by atoms with Gasteiger partial charge in [-0.15, -0.1) is 11.3 Å². The van der Waals surface area contributed by atoms with Crippen molar-refractivity contribution in [2.75, 3.05) is 18.4 Å². The maximum atomic E-state index is 5.97. The highest BCUT2D eigenvalue weighted by Gasteiger charge is 2.23. The number of thiophene rings is 1. The van der Waals surface area contributed by atoms with Gasteiger partial charge < -0.3 is 5.32 Å². The summed E-state index contributed by atoms with van der Waals surface area (Å²) in [6, 6.07) is 6.53. The molecule has 1 aliphatic rings. The summed E-state index contributed by atoms with van der Waals surface area (Å²) in [5, 5.41) is 3.49. The van der Waals surface area contributed by atoms with Crippen LogP contribution in [-0.4, -0.2) is 34.0 Å². The summed E-state index contributed by atoms with van der Waals surface area (Å²) in [7, 11) is 0. The molecule has 0 spiro atoms. The van der Waals surface area contributed by atoms with Crippen molar-refractivity contribution in [1.29, 1.82) is 0 Å². The highest BCUT2D eigenvalue weighted by atomic mass is 35.5. The smallest absolute Gasteiger partial charge is 0.129 e. The van der Waals surface area contributed by atoms with Crippen molar-refractivity contribution in [3.8, 4) is 0 Å². The Hall–Kier alpha value is -1.17. The minimum atomic E-state index is 0.458. The van der Waals surface area contributed by atoms with Crippen LogP contribution in [0.5, 0.6) is 0 Å². The number of nitrogens with zero attached hydrogens (tertiary/aromatic N) is 3. The van der Waals surface area contributed by atoms with Crippen molar-refractivity contribution >= 4 is 28.8 Å². The van der Waals surface area contributed by atoms with E-state index in [9.17, 15) is 0 Å². The number of aryl methyl sites for hydroxylation is 1. The van der Waals surface area contributed by atoms with E-state index >= 15 is 0 Å². The molecule has 1 N–H and O–H groups in total. The number of anilines is 1. The van der Waals surface area contributed by atoms with E-state index < -0.39 is 0 Å². The fourth-order valence-corrected chi connectivity index (χ4v) is 3.62. The van der Waals surface area contributed by atoms with Crippen LogP contribution in [0.2, 0.25) is 4.34 Å². The molecule has 0 bridgehead atoms. The Balaban J connectivity index is 1.54. The van der Waals surface area contributed by atoms with Crippen LogP contribution in [0, 0.1) is 6.92 Å². The molecule has 20 heavy (non-hydrogen) atoms. The van der Waals surface area contributed by atoms with Gasteiger partial charge >= 0.3 is 0 Å². The van der Waals surface area contributed by atoms with Crippen molar-refractivity contribution in [2.45, 2.75) is 25.9 Å². The molecule has 2 aromatic heterocycles. The molecule has 0 aromatic carbocycles. The summed E-state index contributed by atoms with van der Waals surface area (Å²) < 4.78 is 0.866. The summed E-state index contributed by atoms with van der Waals surface area (Å²) in [6.45, 7) is 5.11. The van der Waals surface area contributed by atoms with E-state index in [1.807, 2.05) is 19.1 Å². The predicted octanol–water partition coefficient (Wildman–Crippen LogP) is 3.19. The third-order valence-electron chi connectivity index (χ3n) is 3.44. The van der Waals surface area contributed by atoms with Gasteiger partial charge in [0.25, 0.3) is 0 Å². The van der Waals surface area contributed by atoms with Gasteiger partial charge in [0.15, 0.2) is 0 Å². The van der Waals surface area contributed by atoms with Gasteiger partial charge in [-0.2, -0.15) is 0 Å². The molecule has 1 aliphatic heterocycles. The van der Waals surface area contributed by atoms with Gasteiger partial charge in [0.1, 0.15) is 12.1 Å². The lowest BCUT2D eigenvalue weighted by Crippen LogP contribution is -2.26. The summed E-state index contributed by atoms with van der Waals surface area (Å²) in [5.41, 5.74) is 0.991. The van der Waals surface area contributed by atoms with Gasteiger partial charge in [-0.3, -0.25) is 4.90 Å². The number of likely N-dealkylation sites (tertiary alicyclic amines) is 1. The van der Waals surface area contributed by atoms with Crippen molar-refractivity contribution in [3.05, 3.63) is 39.4 Å². The van der Waals surface area contributed by atoms with Crippen LogP contribution in [-0.2, 0) is 6.54 Å². The first-order chi connectivity index (χ1) is 9.69. The molecular weight excluding hydrogens is 292 g/mol. The first-order valence-corrected chi connectivity index (χ1v) is 7.90. The topological polar surface area (TPSA) is 41.0 Å². The van der Waals surface area contributed by atoms with Crippen LogP contribution < -0.4 is 5.32 Å². The minimum absolute atomic E-state index is 0.458. The zero-order chi connectivity index (χ0) is 13.9. The lowest BCUT2D eigenvalue weighted by Gasteiger charge is -2.16. The summed E-state index contributed by atoms with van der Waals surface area (Å²) in [6.07, 6.45) is 2.75. The maximum absolute atomic E-state index is 5.97. The van der Waals surface area contributed by atoms with E-state index in [1.165, 1.54) is 4.88 Å². The van der Waals surface area contributed by atoms with E-state index in [-0.39, 0.29) is 0 Å². The van der Waals surface area contributed by atoms with Crippen LogP contribution in [0.25, 0.3) is 0 Å². The molecule has 3 heterocycles. The largest absolute Gasteiger partial charge is 0.366 e. The van der Waals surface area contributed by atoms with Gasteiger partial charge in [-0.1, -0.05) is 11.6 Å². The predicted molar refractivity (Wildman–Crippen MR) is 83.4 cm³/mol. The first kappa shape index (κ1) is 13.8. The maximum Gasteiger partial charge on any atom is 0.129 e. The highest BCUT2D eigenvalue weighted by Crippen LogP contribution is 2.24. The molecule has 0 saturated carbocycles. The lowest BCUT2D eigenvalue weighted by atomic mass is 10.2. The Labute approximate surface area is 127 Å². The number of nitrogens with one attached hydrogen (secondary N) is 1. The second-order valence-corrected chi connectivity index (χ2v) is 6.92. The van der Waals surface area contributed by atoms with Crippen LogP contribution in [0.4, 0.5) is 5.82 Å². The van der Waals surface area contributed by atoms with E-state index in [1.54, 1.807) is 17.7 Å². The molecule has 0 amide bonds. The first-order valence-electron chi connectivity index (χ1n) is 6.71. The molecule has 106 valence electrons. The van der Waals surface area contributed by atoms with Crippen molar-refractivity contribution in [1.82, 2.24) is 14.9 Å². The number of rotatable bonds is 4. The molecule has 0 aliphatic carbocycles. The van der Waals surface area contributed by atoms with E-state index in [4.69, 9.17) is 11.6 Å². The fraction of sp³-hybridized carbons (Fsp3) is 0.429. The quantitative estimate of drug-likeness (QED) is 0.942. The molecule has 1 atom stereocenters. The monoisotopic (exact) mass is 308 g/mol.